The van der Waals surface area contributed by atoms with Crippen molar-refractivity contribution < 1.29 is 9.53 Å². The van der Waals surface area contributed by atoms with Crippen LogP contribution in [0.5, 0.6) is 5.75 Å². The molecule has 0 saturated carbocycles. The van der Waals surface area contributed by atoms with Crippen LogP contribution in [0.4, 0.5) is 5.69 Å². The van der Waals surface area contributed by atoms with Gasteiger partial charge in [0.25, 0.3) is 0 Å². The molecular formula is C15H25N3O2. The summed E-state index contributed by atoms with van der Waals surface area (Å²) in [6.45, 7) is 3.38. The molecule has 2 N–H and O–H groups in total. The molecule has 0 heterocycles. The molecule has 0 fully saturated rings. The number of rotatable bonds is 8. The van der Waals surface area contributed by atoms with Crippen LogP contribution < -0.4 is 15.4 Å². The molecule has 0 aliphatic heterocycles. The second kappa shape index (κ2) is 8.55. The summed E-state index contributed by atoms with van der Waals surface area (Å²) in [6, 6.07) is 7.69. The minimum Gasteiger partial charge on any atom is -0.495 e. The van der Waals surface area contributed by atoms with Gasteiger partial charge in [-0.2, -0.15) is 0 Å². The van der Waals surface area contributed by atoms with Gasteiger partial charge in [0.15, 0.2) is 0 Å². The van der Waals surface area contributed by atoms with Crippen LogP contribution in [-0.2, 0) is 4.79 Å². The van der Waals surface area contributed by atoms with Crippen molar-refractivity contribution in [2.45, 2.75) is 19.4 Å². The molecule has 1 rings (SSSR count). The minimum absolute atomic E-state index is 0.0637. The number of para-hydroxylation sites is 2. The highest BCUT2D eigenvalue weighted by Gasteiger charge is 2.08. The highest BCUT2D eigenvalue weighted by molar-refractivity contribution is 5.93. The van der Waals surface area contributed by atoms with Gasteiger partial charge in [-0.05, 0) is 46.1 Å². The van der Waals surface area contributed by atoms with Crippen LogP contribution in [0.15, 0.2) is 24.3 Å². The quantitative estimate of drug-likeness (QED) is 0.758. The summed E-state index contributed by atoms with van der Waals surface area (Å²) in [5.74, 6) is 0.604. The van der Waals surface area contributed by atoms with Crippen LogP contribution in [0.25, 0.3) is 0 Å². The third-order valence-electron chi connectivity index (χ3n) is 3.00. The number of carbonyl (C=O) groups is 1. The number of carbonyl (C=O) groups excluding carboxylic acids is 1. The first-order chi connectivity index (χ1) is 9.52. The molecule has 1 aromatic rings. The summed E-state index contributed by atoms with van der Waals surface area (Å²) < 4.78 is 5.20. The first-order valence-electron chi connectivity index (χ1n) is 6.84. The summed E-state index contributed by atoms with van der Waals surface area (Å²) >= 11 is 0. The van der Waals surface area contributed by atoms with Crippen molar-refractivity contribution in [3.8, 4) is 5.75 Å². The van der Waals surface area contributed by atoms with E-state index < -0.39 is 0 Å². The third-order valence-corrected chi connectivity index (χ3v) is 3.00. The zero-order chi connectivity index (χ0) is 15.0. The molecule has 5 heteroatoms. The molecule has 0 spiro atoms. The van der Waals surface area contributed by atoms with Crippen molar-refractivity contribution in [1.29, 1.82) is 0 Å². The third kappa shape index (κ3) is 6.04. The molecular weight excluding hydrogens is 254 g/mol. The molecule has 1 aromatic carbocycles. The normalized spacial score (nSPS) is 12.2. The molecule has 112 valence electrons. The molecule has 0 bridgehead atoms. The van der Waals surface area contributed by atoms with E-state index >= 15 is 0 Å². The maximum absolute atomic E-state index is 11.9. The summed E-state index contributed by atoms with van der Waals surface area (Å²) in [4.78, 5) is 14.0. The Labute approximate surface area is 121 Å². The molecule has 0 saturated heterocycles. The van der Waals surface area contributed by atoms with Crippen LogP contribution in [0.2, 0.25) is 0 Å². The van der Waals surface area contributed by atoms with Gasteiger partial charge in [-0.3, -0.25) is 4.79 Å². The first-order valence-corrected chi connectivity index (χ1v) is 6.84. The van der Waals surface area contributed by atoms with Crippen LogP contribution in [0.3, 0.4) is 0 Å². The Hall–Kier alpha value is -1.59. The lowest BCUT2D eigenvalue weighted by Gasteiger charge is -2.16. The fourth-order valence-corrected chi connectivity index (χ4v) is 1.76. The fraction of sp³-hybridized carbons (Fsp3) is 0.533. The number of methoxy groups -OCH3 is 1. The number of ether oxygens (including phenoxy) is 1. The van der Waals surface area contributed by atoms with E-state index in [1.54, 1.807) is 7.11 Å². The molecule has 20 heavy (non-hydrogen) atoms. The standard InChI is InChI=1S/C15H25N3O2/c1-12(9-10-18(2)3)16-11-15(19)17-13-7-5-6-8-14(13)20-4/h5-8,12,16H,9-11H2,1-4H3,(H,17,19). The van der Waals surface area contributed by atoms with Crippen molar-refractivity contribution in [2.24, 2.45) is 0 Å². The molecule has 0 radical (unpaired) electrons. The average molecular weight is 279 g/mol. The zero-order valence-electron chi connectivity index (χ0n) is 12.8. The van der Waals surface area contributed by atoms with E-state index in [0.29, 0.717) is 24.0 Å². The molecule has 1 unspecified atom stereocenters. The SMILES string of the molecule is COc1ccccc1NC(=O)CNC(C)CCN(C)C. The average Bonchev–Trinajstić information content (AvgIpc) is 2.43. The van der Waals surface area contributed by atoms with Gasteiger partial charge in [0.2, 0.25) is 5.91 Å². The van der Waals surface area contributed by atoms with E-state index in [9.17, 15) is 4.79 Å². The van der Waals surface area contributed by atoms with E-state index in [1.807, 2.05) is 38.4 Å². The Morgan fingerprint density at radius 2 is 2.05 bits per heavy atom. The van der Waals surface area contributed by atoms with Gasteiger partial charge in [-0.15, -0.1) is 0 Å². The van der Waals surface area contributed by atoms with E-state index in [4.69, 9.17) is 4.74 Å². The molecule has 1 amide bonds. The smallest absolute Gasteiger partial charge is 0.238 e. The van der Waals surface area contributed by atoms with Crippen LogP contribution in [0.1, 0.15) is 13.3 Å². The van der Waals surface area contributed by atoms with Crippen LogP contribution >= 0.6 is 0 Å². The minimum atomic E-state index is -0.0637. The Morgan fingerprint density at radius 1 is 1.35 bits per heavy atom. The lowest BCUT2D eigenvalue weighted by molar-refractivity contribution is -0.115. The maximum atomic E-state index is 11.9. The number of nitrogens with one attached hydrogen (secondary N) is 2. The number of benzene rings is 1. The highest BCUT2D eigenvalue weighted by Crippen LogP contribution is 2.22. The zero-order valence-corrected chi connectivity index (χ0v) is 12.8. The van der Waals surface area contributed by atoms with Crippen molar-refractivity contribution >= 4 is 11.6 Å². The van der Waals surface area contributed by atoms with E-state index in [2.05, 4.69) is 22.5 Å². The van der Waals surface area contributed by atoms with Crippen LogP contribution in [-0.4, -0.2) is 51.1 Å². The van der Waals surface area contributed by atoms with E-state index in [-0.39, 0.29) is 5.91 Å². The van der Waals surface area contributed by atoms with Crippen LogP contribution in [0, 0.1) is 0 Å². The first kappa shape index (κ1) is 16.5. The summed E-state index contributed by atoms with van der Waals surface area (Å²) in [5.41, 5.74) is 0.697. The van der Waals surface area contributed by atoms with Crippen molar-refractivity contribution in [3.05, 3.63) is 24.3 Å². The highest BCUT2D eigenvalue weighted by atomic mass is 16.5. The summed E-state index contributed by atoms with van der Waals surface area (Å²) in [7, 11) is 5.68. The Morgan fingerprint density at radius 3 is 2.70 bits per heavy atom. The van der Waals surface area contributed by atoms with E-state index in [1.165, 1.54) is 0 Å². The van der Waals surface area contributed by atoms with Crippen molar-refractivity contribution in [3.63, 3.8) is 0 Å². The number of nitrogens with zero attached hydrogens (tertiary/aromatic N) is 1. The Balaban J connectivity index is 2.36. The predicted molar refractivity (Wildman–Crippen MR) is 82.3 cm³/mol. The lowest BCUT2D eigenvalue weighted by Crippen LogP contribution is -2.36. The molecule has 5 nitrogen and oxygen atoms in total. The molecule has 1 atom stereocenters. The van der Waals surface area contributed by atoms with E-state index in [0.717, 1.165) is 13.0 Å². The second-order valence-corrected chi connectivity index (χ2v) is 5.12. The summed E-state index contributed by atoms with van der Waals surface area (Å²) in [6.07, 6.45) is 1.01. The van der Waals surface area contributed by atoms with Gasteiger partial charge >= 0.3 is 0 Å². The second-order valence-electron chi connectivity index (χ2n) is 5.12. The number of hydrogen-bond donors (Lipinski definition) is 2. The predicted octanol–water partition coefficient (Wildman–Crippen LogP) is 1.56. The Bertz CT molecular complexity index is 421. The van der Waals surface area contributed by atoms with Gasteiger partial charge in [0, 0.05) is 6.04 Å². The largest absolute Gasteiger partial charge is 0.495 e. The maximum Gasteiger partial charge on any atom is 0.238 e. The topological polar surface area (TPSA) is 53.6 Å². The number of amides is 1. The van der Waals surface area contributed by atoms with Gasteiger partial charge in [0.1, 0.15) is 5.75 Å². The molecule has 0 aromatic heterocycles. The van der Waals surface area contributed by atoms with Gasteiger partial charge in [0.05, 0.1) is 19.3 Å². The Kier molecular flexibility index (Phi) is 7.04. The lowest BCUT2D eigenvalue weighted by atomic mass is 10.2. The van der Waals surface area contributed by atoms with Gasteiger partial charge in [-0.1, -0.05) is 12.1 Å². The van der Waals surface area contributed by atoms with Crippen molar-refractivity contribution in [1.82, 2.24) is 10.2 Å². The monoisotopic (exact) mass is 279 g/mol. The molecule has 0 aliphatic rings. The van der Waals surface area contributed by atoms with Gasteiger partial charge in [-0.25, -0.2) is 0 Å². The molecule has 0 aliphatic carbocycles. The van der Waals surface area contributed by atoms with Crippen molar-refractivity contribution in [2.75, 3.05) is 39.6 Å². The summed E-state index contributed by atoms with van der Waals surface area (Å²) in [5, 5.41) is 6.06. The van der Waals surface area contributed by atoms with Gasteiger partial charge < -0.3 is 20.3 Å². The number of hydrogen-bond acceptors (Lipinski definition) is 4. The number of anilines is 1. The fourth-order valence-electron chi connectivity index (χ4n) is 1.76.